The highest BCUT2D eigenvalue weighted by Gasteiger charge is 2.19. The summed E-state index contributed by atoms with van der Waals surface area (Å²) in [6.07, 6.45) is -1.00. The summed E-state index contributed by atoms with van der Waals surface area (Å²) in [7, 11) is 1.35. The van der Waals surface area contributed by atoms with Gasteiger partial charge in [-0.3, -0.25) is 4.79 Å². The van der Waals surface area contributed by atoms with Gasteiger partial charge in [-0.1, -0.05) is 0 Å². The van der Waals surface area contributed by atoms with Gasteiger partial charge in [0.15, 0.2) is 18.1 Å². The van der Waals surface area contributed by atoms with Gasteiger partial charge in [-0.05, 0) is 43.3 Å². The zero-order chi connectivity index (χ0) is 19.3. The molecule has 1 unspecified atom stereocenters. The molecule has 1 atom stereocenters. The fourth-order valence-electron chi connectivity index (χ4n) is 2.18. The van der Waals surface area contributed by atoms with Crippen LogP contribution in [0, 0.1) is 11.6 Å². The number of nitrogens with two attached hydrogens (primary N) is 1. The second kappa shape index (κ2) is 8.28. The molecule has 2 aromatic rings. The van der Waals surface area contributed by atoms with Crippen LogP contribution in [0.25, 0.3) is 0 Å². The number of rotatable bonds is 7. The minimum absolute atomic E-state index is 0.0771. The van der Waals surface area contributed by atoms with E-state index in [0.717, 1.165) is 18.2 Å². The second-order valence-corrected chi connectivity index (χ2v) is 5.33. The van der Waals surface area contributed by atoms with Crippen molar-refractivity contribution in [2.24, 2.45) is 5.73 Å². The molecule has 0 radical (unpaired) electrons. The number of primary amides is 1. The number of hydrogen-bond donors (Lipinski definition) is 1. The fraction of sp³-hybridized carbons (Fsp3) is 0.222. The summed E-state index contributed by atoms with van der Waals surface area (Å²) < 4.78 is 42.5. The number of halogens is 2. The largest absolute Gasteiger partial charge is 0.493 e. The number of methoxy groups -OCH3 is 1. The number of carbonyl (C=O) groups is 2. The summed E-state index contributed by atoms with van der Waals surface area (Å²) in [5, 5.41) is 0. The maximum Gasteiger partial charge on any atom is 0.338 e. The summed E-state index contributed by atoms with van der Waals surface area (Å²) in [4.78, 5) is 23.0. The number of carbonyl (C=O) groups excluding carboxylic acids is 2. The van der Waals surface area contributed by atoms with Crippen LogP contribution in [0.4, 0.5) is 8.78 Å². The Bertz CT molecular complexity index is 825. The molecule has 138 valence electrons. The van der Waals surface area contributed by atoms with E-state index >= 15 is 0 Å². The lowest BCUT2D eigenvalue weighted by Gasteiger charge is -2.15. The Kier molecular flexibility index (Phi) is 6.11. The van der Waals surface area contributed by atoms with E-state index in [1.807, 2.05) is 0 Å². The van der Waals surface area contributed by atoms with Crippen molar-refractivity contribution in [2.45, 2.75) is 13.0 Å². The Hall–Kier alpha value is -3.16. The van der Waals surface area contributed by atoms with Crippen LogP contribution in [0.2, 0.25) is 0 Å². The SMILES string of the molecule is COc1cc(C(=O)OC(C)c2cc(F)ccc2F)ccc1OCC(N)=O. The summed E-state index contributed by atoms with van der Waals surface area (Å²) in [6.45, 7) is 1.08. The third kappa shape index (κ3) is 4.69. The van der Waals surface area contributed by atoms with Crippen molar-refractivity contribution in [1.29, 1.82) is 0 Å². The smallest absolute Gasteiger partial charge is 0.338 e. The summed E-state index contributed by atoms with van der Waals surface area (Å²) >= 11 is 0. The Morgan fingerprint density at radius 2 is 1.85 bits per heavy atom. The zero-order valence-corrected chi connectivity index (χ0v) is 14.1. The molecular formula is C18H17F2NO5. The van der Waals surface area contributed by atoms with Gasteiger partial charge in [0.2, 0.25) is 0 Å². The van der Waals surface area contributed by atoms with Crippen LogP contribution in [-0.4, -0.2) is 25.6 Å². The molecule has 0 fully saturated rings. The normalized spacial score (nSPS) is 11.5. The quantitative estimate of drug-likeness (QED) is 0.763. The molecule has 6 nitrogen and oxygen atoms in total. The maximum absolute atomic E-state index is 13.8. The van der Waals surface area contributed by atoms with Crippen LogP contribution in [0.15, 0.2) is 36.4 Å². The Morgan fingerprint density at radius 3 is 2.50 bits per heavy atom. The summed E-state index contributed by atoms with van der Waals surface area (Å²) in [5.74, 6) is -2.35. The van der Waals surface area contributed by atoms with Gasteiger partial charge in [-0.2, -0.15) is 0 Å². The molecule has 0 saturated heterocycles. The lowest BCUT2D eigenvalue weighted by molar-refractivity contribution is -0.119. The Balaban J connectivity index is 2.16. The highest BCUT2D eigenvalue weighted by molar-refractivity contribution is 5.90. The first-order valence-corrected chi connectivity index (χ1v) is 7.57. The number of amides is 1. The zero-order valence-electron chi connectivity index (χ0n) is 14.1. The first-order chi connectivity index (χ1) is 12.3. The monoisotopic (exact) mass is 365 g/mol. The van der Waals surface area contributed by atoms with Crippen LogP contribution in [0.5, 0.6) is 11.5 Å². The highest BCUT2D eigenvalue weighted by Crippen LogP contribution is 2.29. The van der Waals surface area contributed by atoms with Crippen molar-refractivity contribution in [2.75, 3.05) is 13.7 Å². The molecule has 1 amide bonds. The predicted molar refractivity (Wildman–Crippen MR) is 87.9 cm³/mol. The van der Waals surface area contributed by atoms with Crippen molar-refractivity contribution in [3.8, 4) is 11.5 Å². The van der Waals surface area contributed by atoms with E-state index in [1.165, 1.54) is 32.2 Å². The third-order valence-electron chi connectivity index (χ3n) is 3.45. The van der Waals surface area contributed by atoms with E-state index in [1.54, 1.807) is 0 Å². The van der Waals surface area contributed by atoms with Crippen LogP contribution in [0.3, 0.4) is 0 Å². The van der Waals surface area contributed by atoms with E-state index < -0.39 is 29.6 Å². The molecule has 0 heterocycles. The van der Waals surface area contributed by atoms with Crippen molar-refractivity contribution in [3.63, 3.8) is 0 Å². The molecule has 26 heavy (non-hydrogen) atoms. The van der Waals surface area contributed by atoms with Gasteiger partial charge >= 0.3 is 5.97 Å². The fourth-order valence-corrected chi connectivity index (χ4v) is 2.18. The van der Waals surface area contributed by atoms with Crippen LogP contribution in [0.1, 0.15) is 28.9 Å². The van der Waals surface area contributed by atoms with Crippen molar-refractivity contribution < 1.29 is 32.6 Å². The van der Waals surface area contributed by atoms with Gasteiger partial charge in [0, 0.05) is 5.56 Å². The van der Waals surface area contributed by atoms with Gasteiger partial charge in [0.05, 0.1) is 12.7 Å². The molecule has 0 saturated carbocycles. The number of benzene rings is 2. The first-order valence-electron chi connectivity index (χ1n) is 7.57. The molecule has 0 aliphatic rings. The average molecular weight is 365 g/mol. The predicted octanol–water partition coefficient (Wildman–Crippen LogP) is 2.76. The molecule has 2 N–H and O–H groups in total. The molecule has 8 heteroatoms. The molecule has 2 aromatic carbocycles. The van der Waals surface area contributed by atoms with Gasteiger partial charge in [-0.25, -0.2) is 13.6 Å². The minimum atomic E-state index is -1.00. The van der Waals surface area contributed by atoms with E-state index in [9.17, 15) is 18.4 Å². The van der Waals surface area contributed by atoms with Crippen LogP contribution >= 0.6 is 0 Å². The lowest BCUT2D eigenvalue weighted by Crippen LogP contribution is -2.20. The van der Waals surface area contributed by atoms with E-state index in [0.29, 0.717) is 0 Å². The Labute approximate surface area is 148 Å². The molecule has 0 aromatic heterocycles. The number of hydrogen-bond acceptors (Lipinski definition) is 5. The van der Waals surface area contributed by atoms with Crippen molar-refractivity contribution in [3.05, 3.63) is 59.2 Å². The van der Waals surface area contributed by atoms with Crippen molar-refractivity contribution in [1.82, 2.24) is 0 Å². The maximum atomic E-state index is 13.8. The Morgan fingerprint density at radius 1 is 1.12 bits per heavy atom. The van der Waals surface area contributed by atoms with Crippen LogP contribution in [-0.2, 0) is 9.53 Å². The first kappa shape index (κ1) is 19.2. The number of esters is 1. The van der Waals surface area contributed by atoms with Crippen molar-refractivity contribution >= 4 is 11.9 Å². The molecule has 2 rings (SSSR count). The molecule has 0 aliphatic heterocycles. The van der Waals surface area contributed by atoms with Gasteiger partial charge < -0.3 is 19.9 Å². The highest BCUT2D eigenvalue weighted by atomic mass is 19.1. The van der Waals surface area contributed by atoms with E-state index in [4.69, 9.17) is 19.9 Å². The van der Waals surface area contributed by atoms with Gasteiger partial charge in [0.1, 0.15) is 17.7 Å². The van der Waals surface area contributed by atoms with Gasteiger partial charge in [-0.15, -0.1) is 0 Å². The average Bonchev–Trinajstić information content (AvgIpc) is 2.61. The second-order valence-electron chi connectivity index (χ2n) is 5.33. The standard InChI is InChI=1S/C18H17F2NO5/c1-10(13-8-12(19)4-5-14(13)20)26-18(23)11-3-6-15(16(7-11)24-2)25-9-17(21)22/h3-8,10H,9H2,1-2H3,(H2,21,22). The molecule has 0 spiro atoms. The minimum Gasteiger partial charge on any atom is -0.493 e. The van der Waals surface area contributed by atoms with Crippen LogP contribution < -0.4 is 15.2 Å². The summed E-state index contributed by atoms with van der Waals surface area (Å²) in [5.41, 5.74) is 5.04. The van der Waals surface area contributed by atoms with E-state index in [2.05, 4.69) is 0 Å². The molecule has 0 aliphatic carbocycles. The number of ether oxygens (including phenoxy) is 3. The molecule has 0 bridgehead atoms. The van der Waals surface area contributed by atoms with E-state index in [-0.39, 0.29) is 29.2 Å². The van der Waals surface area contributed by atoms with Gasteiger partial charge in [0.25, 0.3) is 5.91 Å². The molecular weight excluding hydrogens is 348 g/mol. The third-order valence-corrected chi connectivity index (χ3v) is 3.45. The lowest BCUT2D eigenvalue weighted by atomic mass is 10.1. The topological polar surface area (TPSA) is 87.8 Å². The summed E-state index contributed by atoms with van der Waals surface area (Å²) in [6, 6.07) is 7.04.